The van der Waals surface area contributed by atoms with Gasteiger partial charge in [-0.3, -0.25) is 0 Å². The number of phenolic OH excluding ortho intramolecular Hbond substituents is 1. The summed E-state index contributed by atoms with van der Waals surface area (Å²) in [5, 5.41) is 20.1. The molecule has 0 amide bonds. The average Bonchev–Trinajstić information content (AvgIpc) is 3.31. The zero-order chi connectivity index (χ0) is 24.8. The van der Waals surface area contributed by atoms with Crippen LogP contribution in [0.25, 0.3) is 35.1 Å². The van der Waals surface area contributed by atoms with Gasteiger partial charge in [0.05, 0.1) is 6.61 Å². The summed E-state index contributed by atoms with van der Waals surface area (Å²) in [4.78, 5) is 0. The van der Waals surface area contributed by atoms with Gasteiger partial charge in [-0.25, -0.2) is 0 Å². The van der Waals surface area contributed by atoms with Crippen LogP contribution < -0.4 is 0 Å². The first-order valence-electron chi connectivity index (χ1n) is 10.7. The number of halogens is 1. The van der Waals surface area contributed by atoms with Crippen molar-refractivity contribution in [3.05, 3.63) is 125 Å². The molecule has 1 aliphatic carbocycles. The Hall–Kier alpha value is -3.24. The van der Waals surface area contributed by atoms with Crippen LogP contribution in [0.1, 0.15) is 22.3 Å². The van der Waals surface area contributed by atoms with Crippen molar-refractivity contribution in [1.82, 2.24) is 0 Å². The Bertz CT molecular complexity index is 1120. The van der Waals surface area contributed by atoms with E-state index >= 15 is 0 Å². The molecule has 4 heteroatoms. The third-order valence-corrected chi connectivity index (χ3v) is 5.20. The lowest BCUT2D eigenvalue weighted by molar-refractivity contribution is 0.323. The van der Waals surface area contributed by atoms with Crippen LogP contribution in [0, 0.1) is 0 Å². The highest BCUT2D eigenvalue weighted by Gasteiger charge is 2.06. The minimum absolute atomic E-state index is 0.184. The Morgan fingerprint density at radius 2 is 1.18 bits per heavy atom. The monoisotopic (exact) mass is 488 g/mol. The molecule has 1 aliphatic rings. The van der Waals surface area contributed by atoms with Gasteiger partial charge in [-0.2, -0.15) is 12.6 Å². The molecule has 0 aliphatic heterocycles. The van der Waals surface area contributed by atoms with Gasteiger partial charge in [-0.05, 0) is 57.3 Å². The number of hydrogen-bond acceptors (Lipinski definition) is 3. The molecular weight excluding hydrogens is 460 g/mol. The molecule has 0 spiro atoms. The van der Waals surface area contributed by atoms with E-state index in [-0.39, 0.29) is 6.61 Å². The SMILES string of the molecule is C1=Cc2cccc3cccc1c23.C=Cc1ccc(Cl)cc1.C=Cc1ccc(O)cc1.OCCS. The molecule has 34 heavy (non-hydrogen) atoms. The van der Waals surface area contributed by atoms with Crippen molar-refractivity contribution in [2.24, 2.45) is 0 Å². The second-order valence-corrected chi connectivity index (χ2v) is 8.01. The van der Waals surface area contributed by atoms with E-state index in [4.69, 9.17) is 21.8 Å². The second kappa shape index (κ2) is 14.8. The zero-order valence-electron chi connectivity index (χ0n) is 18.9. The third-order valence-electron chi connectivity index (χ3n) is 4.75. The van der Waals surface area contributed by atoms with Gasteiger partial charge < -0.3 is 10.2 Å². The molecular formula is C30H29ClO2S. The first kappa shape index (κ1) is 27.0. The molecule has 2 nitrogen and oxygen atoms in total. The van der Waals surface area contributed by atoms with Gasteiger partial charge in [0, 0.05) is 10.8 Å². The molecule has 0 heterocycles. The molecule has 0 fully saturated rings. The van der Waals surface area contributed by atoms with Gasteiger partial charge in [0.15, 0.2) is 0 Å². The van der Waals surface area contributed by atoms with Crippen LogP contribution in [0.3, 0.4) is 0 Å². The van der Waals surface area contributed by atoms with Crippen LogP contribution in [0.2, 0.25) is 5.02 Å². The zero-order valence-corrected chi connectivity index (χ0v) is 20.6. The number of aliphatic hydroxyl groups excluding tert-OH is 1. The quantitative estimate of drug-likeness (QED) is 0.224. The lowest BCUT2D eigenvalue weighted by Gasteiger charge is -1.99. The Morgan fingerprint density at radius 3 is 1.59 bits per heavy atom. The summed E-state index contributed by atoms with van der Waals surface area (Å²) in [6.45, 7) is 7.38. The van der Waals surface area contributed by atoms with Crippen molar-refractivity contribution in [2.45, 2.75) is 0 Å². The predicted molar refractivity (Wildman–Crippen MR) is 154 cm³/mol. The Balaban J connectivity index is 0.000000170. The molecule has 5 rings (SSSR count). The topological polar surface area (TPSA) is 40.5 Å². The van der Waals surface area contributed by atoms with E-state index in [0.717, 1.165) is 16.1 Å². The van der Waals surface area contributed by atoms with Crippen molar-refractivity contribution < 1.29 is 10.2 Å². The van der Waals surface area contributed by atoms with Crippen LogP contribution >= 0.6 is 24.2 Å². The highest BCUT2D eigenvalue weighted by molar-refractivity contribution is 7.80. The van der Waals surface area contributed by atoms with Gasteiger partial charge in [-0.15, -0.1) is 0 Å². The smallest absolute Gasteiger partial charge is 0.115 e. The molecule has 0 radical (unpaired) electrons. The summed E-state index contributed by atoms with van der Waals surface area (Å²) in [5.74, 6) is 0.862. The van der Waals surface area contributed by atoms with Crippen LogP contribution in [0.15, 0.2) is 98.1 Å². The van der Waals surface area contributed by atoms with Crippen molar-refractivity contribution in [2.75, 3.05) is 12.4 Å². The highest BCUT2D eigenvalue weighted by Crippen LogP contribution is 2.30. The number of phenols is 1. The molecule has 0 saturated carbocycles. The molecule has 0 atom stereocenters. The first-order valence-corrected chi connectivity index (χ1v) is 11.7. The summed E-state index contributed by atoms with van der Waals surface area (Å²) in [5.41, 5.74) is 4.82. The lowest BCUT2D eigenvalue weighted by Crippen LogP contribution is -1.76. The fourth-order valence-electron chi connectivity index (χ4n) is 3.07. The normalized spacial score (nSPS) is 10.1. The minimum Gasteiger partial charge on any atom is -0.508 e. The van der Waals surface area contributed by atoms with E-state index in [1.54, 1.807) is 24.3 Å². The number of benzene rings is 4. The van der Waals surface area contributed by atoms with E-state index < -0.39 is 0 Å². The van der Waals surface area contributed by atoms with Crippen LogP contribution in [0.4, 0.5) is 0 Å². The van der Waals surface area contributed by atoms with Crippen LogP contribution in [-0.4, -0.2) is 22.6 Å². The van der Waals surface area contributed by atoms with Crippen LogP contribution in [-0.2, 0) is 0 Å². The largest absolute Gasteiger partial charge is 0.508 e. The molecule has 0 saturated heterocycles. The number of rotatable bonds is 3. The third kappa shape index (κ3) is 8.60. The van der Waals surface area contributed by atoms with E-state index in [0.29, 0.717) is 11.5 Å². The van der Waals surface area contributed by atoms with E-state index in [1.807, 2.05) is 36.4 Å². The number of aromatic hydroxyl groups is 1. The maximum absolute atomic E-state index is 8.82. The van der Waals surface area contributed by atoms with Gasteiger partial charge in [0.2, 0.25) is 0 Å². The Labute approximate surface area is 212 Å². The van der Waals surface area contributed by atoms with Gasteiger partial charge >= 0.3 is 0 Å². The highest BCUT2D eigenvalue weighted by atomic mass is 35.5. The van der Waals surface area contributed by atoms with E-state index in [2.05, 4.69) is 74.3 Å². The lowest BCUT2D eigenvalue weighted by atomic mass is 10.0. The molecule has 0 aromatic heterocycles. The predicted octanol–water partition coefficient (Wildman–Crippen LogP) is 8.25. The van der Waals surface area contributed by atoms with Gasteiger partial charge in [0.1, 0.15) is 5.75 Å². The van der Waals surface area contributed by atoms with Crippen molar-refractivity contribution in [1.29, 1.82) is 0 Å². The summed E-state index contributed by atoms with van der Waals surface area (Å²) >= 11 is 9.30. The Kier molecular flexibility index (Phi) is 11.8. The molecule has 0 bridgehead atoms. The Morgan fingerprint density at radius 1 is 0.735 bits per heavy atom. The van der Waals surface area contributed by atoms with E-state index in [9.17, 15) is 0 Å². The summed E-state index contributed by atoms with van der Waals surface area (Å²) in [6, 6.07) is 27.3. The summed E-state index contributed by atoms with van der Waals surface area (Å²) in [7, 11) is 0. The van der Waals surface area contributed by atoms with Crippen LogP contribution in [0.5, 0.6) is 5.75 Å². The number of hydrogen-bond donors (Lipinski definition) is 3. The van der Waals surface area contributed by atoms with Crippen molar-refractivity contribution in [3.63, 3.8) is 0 Å². The fourth-order valence-corrected chi connectivity index (χ4v) is 3.19. The molecule has 4 aromatic carbocycles. The van der Waals surface area contributed by atoms with Gasteiger partial charge in [-0.1, -0.05) is 110 Å². The molecule has 4 aromatic rings. The van der Waals surface area contributed by atoms with Gasteiger partial charge in [0.25, 0.3) is 0 Å². The second-order valence-electron chi connectivity index (χ2n) is 7.12. The maximum Gasteiger partial charge on any atom is 0.115 e. The standard InChI is InChI=1S/C12H8.C8H7Cl.C8H8O.C2H6OS/c1-3-9-4-2-6-11-8-7-10(5-1)12(9)11;2*1-2-7-3-5-8(9)6-4-7;3-1-2-4/h1-8H;2-6H,1H2;2-6,9H,1H2;3-4H,1-2H2. The summed E-state index contributed by atoms with van der Waals surface area (Å²) < 4.78 is 0. The van der Waals surface area contributed by atoms with Crippen molar-refractivity contribution >= 4 is 59.3 Å². The van der Waals surface area contributed by atoms with E-state index in [1.165, 1.54) is 21.9 Å². The number of aliphatic hydroxyl groups is 1. The van der Waals surface area contributed by atoms with Crippen molar-refractivity contribution in [3.8, 4) is 5.75 Å². The molecule has 2 N–H and O–H groups in total. The first-order chi connectivity index (χ1) is 16.5. The molecule has 174 valence electrons. The molecule has 0 unspecified atom stereocenters. The number of thiol groups is 1. The average molecular weight is 489 g/mol. The fraction of sp³-hybridized carbons (Fsp3) is 0.0667. The maximum atomic E-state index is 8.82. The minimum atomic E-state index is 0.184. The summed E-state index contributed by atoms with van der Waals surface area (Å²) in [6.07, 6.45) is 7.88.